The molecule has 1 fully saturated rings. The van der Waals surface area contributed by atoms with Crippen LogP contribution in [0.2, 0.25) is 0 Å². The van der Waals surface area contributed by atoms with Crippen LogP contribution < -0.4 is 5.32 Å². The van der Waals surface area contributed by atoms with Crippen LogP contribution >= 0.6 is 0 Å². The van der Waals surface area contributed by atoms with Gasteiger partial charge in [-0.3, -0.25) is 10.1 Å². The van der Waals surface area contributed by atoms with Gasteiger partial charge in [0, 0.05) is 6.21 Å². The van der Waals surface area contributed by atoms with Gasteiger partial charge < -0.3 is 0 Å². The third kappa shape index (κ3) is 5.12. The molecular weight excluding hydrogens is 230 g/mol. The van der Waals surface area contributed by atoms with Crippen molar-refractivity contribution in [1.29, 1.82) is 0 Å². The highest BCUT2D eigenvalue weighted by molar-refractivity contribution is 6.01. The lowest BCUT2D eigenvalue weighted by Crippen LogP contribution is -2.24. The van der Waals surface area contributed by atoms with Gasteiger partial charge >= 0.3 is 6.03 Å². The van der Waals surface area contributed by atoms with Crippen LogP contribution in [-0.2, 0) is 4.79 Å². The number of amides is 3. The number of allylic oxidation sites excluding steroid dienone is 2. The molecular formula is C13H21N3O2. The summed E-state index contributed by atoms with van der Waals surface area (Å²) in [7, 11) is 0. The molecule has 1 aliphatic rings. The van der Waals surface area contributed by atoms with Crippen molar-refractivity contribution in [2.45, 2.75) is 40.0 Å². The molecule has 0 aromatic heterocycles. The van der Waals surface area contributed by atoms with E-state index in [0.29, 0.717) is 5.92 Å². The molecule has 1 aliphatic heterocycles. The number of nitrogens with one attached hydrogen (secondary N) is 1. The molecule has 3 amide bonds. The molecule has 0 spiro atoms. The fraction of sp³-hybridized carbons (Fsp3) is 0.615. The number of hydrazone groups is 1. The first-order chi connectivity index (χ1) is 8.49. The summed E-state index contributed by atoms with van der Waals surface area (Å²) in [4.78, 5) is 22.1. The highest BCUT2D eigenvalue weighted by atomic mass is 16.2. The minimum Gasteiger partial charge on any atom is -0.275 e. The lowest BCUT2D eigenvalue weighted by atomic mass is 10.0. The zero-order valence-corrected chi connectivity index (χ0v) is 11.3. The SMILES string of the molecule is CC(C)=CCCC(C)C/C=N/N1CC(=O)NC1=O. The Morgan fingerprint density at radius 3 is 2.78 bits per heavy atom. The number of carbonyl (C=O) groups excluding carboxylic acids is 2. The molecule has 18 heavy (non-hydrogen) atoms. The maximum atomic E-state index is 11.2. The maximum absolute atomic E-state index is 11.2. The molecule has 0 aromatic carbocycles. The quantitative estimate of drug-likeness (QED) is 0.447. The van der Waals surface area contributed by atoms with Crippen molar-refractivity contribution in [3.63, 3.8) is 0 Å². The van der Waals surface area contributed by atoms with Crippen LogP contribution in [0.5, 0.6) is 0 Å². The zero-order valence-electron chi connectivity index (χ0n) is 11.3. The largest absolute Gasteiger partial charge is 0.344 e. The first-order valence-corrected chi connectivity index (χ1v) is 6.26. The fourth-order valence-corrected chi connectivity index (χ4v) is 1.62. The van der Waals surface area contributed by atoms with E-state index in [9.17, 15) is 9.59 Å². The first kappa shape index (κ1) is 14.4. The number of imide groups is 1. The molecule has 1 N–H and O–H groups in total. The van der Waals surface area contributed by atoms with Crippen LogP contribution in [0.25, 0.3) is 0 Å². The lowest BCUT2D eigenvalue weighted by molar-refractivity contribution is -0.118. The molecule has 1 unspecified atom stereocenters. The van der Waals surface area contributed by atoms with E-state index in [1.165, 1.54) is 5.57 Å². The maximum Gasteiger partial charge on any atom is 0.344 e. The number of carbonyl (C=O) groups is 2. The third-order valence-electron chi connectivity index (χ3n) is 2.72. The number of urea groups is 1. The van der Waals surface area contributed by atoms with Gasteiger partial charge in [-0.25, -0.2) is 9.80 Å². The number of hydrogen-bond donors (Lipinski definition) is 1. The molecule has 0 aliphatic carbocycles. The molecule has 1 heterocycles. The van der Waals surface area contributed by atoms with E-state index in [4.69, 9.17) is 0 Å². The molecule has 0 bridgehead atoms. The van der Waals surface area contributed by atoms with Gasteiger partial charge in [-0.2, -0.15) is 5.10 Å². The summed E-state index contributed by atoms with van der Waals surface area (Å²) in [5.41, 5.74) is 1.34. The minimum absolute atomic E-state index is 0.0292. The van der Waals surface area contributed by atoms with Gasteiger partial charge in [0.05, 0.1) is 0 Å². The Bertz CT molecular complexity index is 370. The van der Waals surface area contributed by atoms with Gasteiger partial charge in [-0.1, -0.05) is 18.6 Å². The Labute approximate surface area is 108 Å². The Morgan fingerprint density at radius 2 is 2.22 bits per heavy atom. The topological polar surface area (TPSA) is 61.8 Å². The van der Waals surface area contributed by atoms with E-state index in [1.54, 1.807) is 6.21 Å². The van der Waals surface area contributed by atoms with Crippen LogP contribution in [0.4, 0.5) is 4.79 Å². The Morgan fingerprint density at radius 1 is 1.50 bits per heavy atom. The molecule has 1 saturated heterocycles. The van der Waals surface area contributed by atoms with Gasteiger partial charge in [0.15, 0.2) is 0 Å². The van der Waals surface area contributed by atoms with Crippen molar-refractivity contribution < 1.29 is 9.59 Å². The van der Waals surface area contributed by atoms with E-state index in [2.05, 4.69) is 37.3 Å². The summed E-state index contributed by atoms with van der Waals surface area (Å²) in [5, 5.41) is 7.33. The van der Waals surface area contributed by atoms with Gasteiger partial charge in [-0.15, -0.1) is 0 Å². The predicted octanol–water partition coefficient (Wildman–Crippen LogP) is 2.30. The summed E-state index contributed by atoms with van der Waals surface area (Å²) >= 11 is 0. The average Bonchev–Trinajstić information content (AvgIpc) is 2.57. The Balaban J connectivity index is 2.25. The van der Waals surface area contributed by atoms with Gasteiger partial charge in [0.2, 0.25) is 5.91 Å². The second kappa shape index (κ2) is 6.93. The van der Waals surface area contributed by atoms with E-state index >= 15 is 0 Å². The monoisotopic (exact) mass is 251 g/mol. The van der Waals surface area contributed by atoms with Crippen molar-refractivity contribution in [2.24, 2.45) is 11.0 Å². The van der Waals surface area contributed by atoms with E-state index in [0.717, 1.165) is 24.3 Å². The molecule has 0 saturated carbocycles. The Kier molecular flexibility index (Phi) is 5.55. The highest BCUT2D eigenvalue weighted by Crippen LogP contribution is 2.10. The zero-order chi connectivity index (χ0) is 13.5. The summed E-state index contributed by atoms with van der Waals surface area (Å²) in [6, 6.07) is -0.437. The smallest absolute Gasteiger partial charge is 0.275 e. The van der Waals surface area contributed by atoms with E-state index < -0.39 is 6.03 Å². The van der Waals surface area contributed by atoms with Gasteiger partial charge in [0.25, 0.3) is 0 Å². The van der Waals surface area contributed by atoms with E-state index in [1.807, 2.05) is 0 Å². The van der Waals surface area contributed by atoms with Crippen molar-refractivity contribution in [3.8, 4) is 0 Å². The summed E-state index contributed by atoms with van der Waals surface area (Å²) in [6.07, 6.45) is 6.92. The lowest BCUT2D eigenvalue weighted by Gasteiger charge is -2.08. The van der Waals surface area contributed by atoms with Crippen LogP contribution in [0.3, 0.4) is 0 Å². The van der Waals surface area contributed by atoms with Crippen molar-refractivity contribution in [1.82, 2.24) is 10.3 Å². The minimum atomic E-state index is -0.437. The summed E-state index contributed by atoms with van der Waals surface area (Å²) < 4.78 is 0. The molecule has 100 valence electrons. The molecule has 5 nitrogen and oxygen atoms in total. The first-order valence-electron chi connectivity index (χ1n) is 6.26. The van der Waals surface area contributed by atoms with Crippen molar-refractivity contribution >= 4 is 18.2 Å². The predicted molar refractivity (Wildman–Crippen MR) is 71.2 cm³/mol. The number of rotatable bonds is 6. The Hall–Kier alpha value is -1.65. The molecule has 0 aromatic rings. The fourth-order valence-electron chi connectivity index (χ4n) is 1.62. The van der Waals surface area contributed by atoms with Crippen LogP contribution in [0, 0.1) is 5.92 Å². The van der Waals surface area contributed by atoms with Crippen LogP contribution in [-0.4, -0.2) is 29.7 Å². The third-order valence-corrected chi connectivity index (χ3v) is 2.72. The highest BCUT2D eigenvalue weighted by Gasteiger charge is 2.25. The second-order valence-electron chi connectivity index (χ2n) is 4.91. The molecule has 0 radical (unpaired) electrons. The molecule has 5 heteroatoms. The number of nitrogens with zero attached hydrogens (tertiary/aromatic N) is 2. The van der Waals surface area contributed by atoms with E-state index in [-0.39, 0.29) is 12.5 Å². The van der Waals surface area contributed by atoms with Gasteiger partial charge in [0.1, 0.15) is 6.54 Å². The normalized spacial score (nSPS) is 17.2. The average molecular weight is 251 g/mol. The number of hydrogen-bond acceptors (Lipinski definition) is 3. The summed E-state index contributed by atoms with van der Waals surface area (Å²) in [6.45, 7) is 6.37. The second-order valence-corrected chi connectivity index (χ2v) is 4.91. The standard InChI is InChI=1S/C13H21N3O2/c1-10(2)5-4-6-11(3)7-8-14-16-9-12(17)15-13(16)18/h5,8,11H,4,6-7,9H2,1-3H3,(H,15,17,18)/b14-8+. The van der Waals surface area contributed by atoms with Crippen molar-refractivity contribution in [2.75, 3.05) is 6.54 Å². The summed E-state index contributed by atoms with van der Waals surface area (Å²) in [5.74, 6) is 0.222. The molecule has 1 atom stereocenters. The molecule has 1 rings (SSSR count). The van der Waals surface area contributed by atoms with Crippen molar-refractivity contribution in [3.05, 3.63) is 11.6 Å². The van der Waals surface area contributed by atoms with Crippen LogP contribution in [0.15, 0.2) is 16.8 Å². The van der Waals surface area contributed by atoms with Gasteiger partial charge in [-0.05, 0) is 39.0 Å². The van der Waals surface area contributed by atoms with Crippen LogP contribution in [0.1, 0.15) is 40.0 Å².